The summed E-state index contributed by atoms with van der Waals surface area (Å²) in [7, 11) is -3.80. The first-order valence-corrected chi connectivity index (χ1v) is 9.51. The van der Waals surface area contributed by atoms with Crippen molar-refractivity contribution in [3.05, 3.63) is 18.2 Å². The second-order valence-electron chi connectivity index (χ2n) is 6.37. The highest BCUT2D eigenvalue weighted by Gasteiger charge is 2.29. The van der Waals surface area contributed by atoms with Gasteiger partial charge in [0.15, 0.2) is 5.52 Å². The molecule has 2 aromatic rings. The number of aliphatic hydroxyl groups excluding tert-OH is 1. The number of aliphatic hydroxyl groups is 1. The van der Waals surface area contributed by atoms with Gasteiger partial charge in [-0.15, -0.1) is 0 Å². The SMILES string of the molecule is CC1CCC(C)N1C[C@@H](O)CNS(=O)(=O)c1cccc2nonc12. The third-order valence-electron chi connectivity index (χ3n) is 4.60. The number of hydrogen-bond acceptors (Lipinski definition) is 7. The largest absolute Gasteiger partial charge is 0.390 e. The average Bonchev–Trinajstić information content (AvgIpc) is 3.14. The van der Waals surface area contributed by atoms with Gasteiger partial charge in [0, 0.05) is 25.2 Å². The lowest BCUT2D eigenvalue weighted by Crippen LogP contribution is -2.43. The molecular weight excluding hydrogens is 332 g/mol. The maximum atomic E-state index is 12.5. The second kappa shape index (κ2) is 6.75. The van der Waals surface area contributed by atoms with Gasteiger partial charge in [-0.05, 0) is 49.1 Å². The fourth-order valence-corrected chi connectivity index (χ4v) is 4.42. The molecule has 2 heterocycles. The van der Waals surface area contributed by atoms with Crippen molar-refractivity contribution in [2.75, 3.05) is 13.1 Å². The first kappa shape index (κ1) is 17.3. The van der Waals surface area contributed by atoms with Gasteiger partial charge < -0.3 is 5.11 Å². The van der Waals surface area contributed by atoms with Crippen LogP contribution in [0.5, 0.6) is 0 Å². The Morgan fingerprint density at radius 1 is 1.33 bits per heavy atom. The van der Waals surface area contributed by atoms with Crippen molar-refractivity contribution in [3.63, 3.8) is 0 Å². The molecule has 8 nitrogen and oxygen atoms in total. The number of hydrogen-bond donors (Lipinski definition) is 2. The van der Waals surface area contributed by atoms with Gasteiger partial charge in [0.05, 0.1) is 6.10 Å². The van der Waals surface area contributed by atoms with E-state index >= 15 is 0 Å². The van der Waals surface area contributed by atoms with Crippen molar-refractivity contribution in [1.29, 1.82) is 0 Å². The summed E-state index contributed by atoms with van der Waals surface area (Å²) in [6.45, 7) is 4.64. The molecule has 9 heteroatoms. The lowest BCUT2D eigenvalue weighted by atomic mass is 10.2. The van der Waals surface area contributed by atoms with E-state index in [1.165, 1.54) is 6.07 Å². The molecule has 1 fully saturated rings. The van der Waals surface area contributed by atoms with E-state index in [-0.39, 0.29) is 17.0 Å². The van der Waals surface area contributed by atoms with Crippen LogP contribution in [0.4, 0.5) is 0 Å². The first-order chi connectivity index (χ1) is 11.4. The molecule has 1 aliphatic heterocycles. The molecule has 1 saturated heterocycles. The highest BCUT2D eigenvalue weighted by Crippen LogP contribution is 2.23. The first-order valence-electron chi connectivity index (χ1n) is 8.03. The van der Waals surface area contributed by atoms with Crippen LogP contribution in [0.25, 0.3) is 11.0 Å². The van der Waals surface area contributed by atoms with Crippen molar-refractivity contribution in [2.24, 2.45) is 0 Å². The standard InChI is InChI=1S/C15H22N4O4S/c1-10-6-7-11(2)19(10)9-12(20)8-16-24(21,22)14-5-3-4-13-15(14)18-23-17-13/h3-5,10-12,16,20H,6-9H2,1-2H3/t10?,11?,12-/m0/s1. The molecule has 1 aromatic carbocycles. The van der Waals surface area contributed by atoms with Crippen LogP contribution in [0.3, 0.4) is 0 Å². The van der Waals surface area contributed by atoms with Crippen LogP contribution in [0, 0.1) is 0 Å². The van der Waals surface area contributed by atoms with Gasteiger partial charge in [0.1, 0.15) is 10.4 Å². The second-order valence-corrected chi connectivity index (χ2v) is 8.10. The molecule has 0 radical (unpaired) electrons. The zero-order chi connectivity index (χ0) is 17.3. The summed E-state index contributed by atoms with van der Waals surface area (Å²) < 4.78 is 32.0. The van der Waals surface area contributed by atoms with E-state index in [2.05, 4.69) is 38.4 Å². The van der Waals surface area contributed by atoms with Gasteiger partial charge in [-0.2, -0.15) is 0 Å². The molecule has 1 aliphatic rings. The molecule has 2 N–H and O–H groups in total. The minimum absolute atomic E-state index is 0.00337. The lowest BCUT2D eigenvalue weighted by molar-refractivity contribution is 0.0941. The van der Waals surface area contributed by atoms with Crippen molar-refractivity contribution < 1.29 is 18.2 Å². The smallest absolute Gasteiger partial charge is 0.243 e. The summed E-state index contributed by atoms with van der Waals surface area (Å²) in [6.07, 6.45) is 1.42. The van der Waals surface area contributed by atoms with Gasteiger partial charge in [-0.3, -0.25) is 4.90 Å². The Balaban J connectivity index is 1.66. The zero-order valence-electron chi connectivity index (χ0n) is 13.7. The molecular formula is C15H22N4O4S. The Morgan fingerprint density at radius 2 is 2.04 bits per heavy atom. The fraction of sp³-hybridized carbons (Fsp3) is 0.600. The Morgan fingerprint density at radius 3 is 2.75 bits per heavy atom. The van der Waals surface area contributed by atoms with Gasteiger partial charge in [-0.1, -0.05) is 6.07 Å². The van der Waals surface area contributed by atoms with E-state index in [9.17, 15) is 13.5 Å². The number of β-amino-alcohol motifs (C(OH)–C–C–N with tert-alkyl or cyclic N) is 1. The Bertz CT molecular complexity index is 797. The van der Waals surface area contributed by atoms with Crippen LogP contribution in [0.1, 0.15) is 26.7 Å². The molecule has 2 unspecified atom stereocenters. The van der Waals surface area contributed by atoms with E-state index in [0.29, 0.717) is 24.1 Å². The molecule has 3 rings (SSSR count). The third kappa shape index (κ3) is 3.44. The van der Waals surface area contributed by atoms with E-state index in [1.54, 1.807) is 12.1 Å². The normalized spacial score (nSPS) is 23.8. The van der Waals surface area contributed by atoms with Crippen LogP contribution in [0.15, 0.2) is 27.7 Å². The average molecular weight is 354 g/mol. The summed E-state index contributed by atoms with van der Waals surface area (Å²) in [5.41, 5.74) is 0.555. The monoisotopic (exact) mass is 354 g/mol. The quantitative estimate of drug-likeness (QED) is 0.787. The van der Waals surface area contributed by atoms with Crippen LogP contribution >= 0.6 is 0 Å². The zero-order valence-corrected chi connectivity index (χ0v) is 14.5. The van der Waals surface area contributed by atoms with Gasteiger partial charge >= 0.3 is 0 Å². The highest BCUT2D eigenvalue weighted by molar-refractivity contribution is 7.89. The minimum atomic E-state index is -3.80. The number of likely N-dealkylation sites (tertiary alicyclic amines) is 1. The van der Waals surface area contributed by atoms with Gasteiger partial charge in [0.25, 0.3) is 0 Å². The number of nitrogens with zero attached hydrogens (tertiary/aromatic N) is 3. The molecule has 132 valence electrons. The van der Waals surface area contributed by atoms with Crippen molar-refractivity contribution in [3.8, 4) is 0 Å². The molecule has 0 saturated carbocycles. The van der Waals surface area contributed by atoms with Gasteiger partial charge in [-0.25, -0.2) is 17.8 Å². The Kier molecular flexibility index (Phi) is 4.86. The Hall–Kier alpha value is -1.55. The van der Waals surface area contributed by atoms with Crippen LogP contribution in [-0.2, 0) is 10.0 Å². The predicted molar refractivity (Wildman–Crippen MR) is 87.9 cm³/mol. The van der Waals surface area contributed by atoms with Crippen molar-refractivity contribution in [1.82, 2.24) is 19.9 Å². The van der Waals surface area contributed by atoms with E-state index in [4.69, 9.17) is 0 Å². The topological polar surface area (TPSA) is 109 Å². The van der Waals surface area contributed by atoms with Crippen LogP contribution in [0.2, 0.25) is 0 Å². The number of benzene rings is 1. The van der Waals surface area contributed by atoms with E-state index < -0.39 is 16.1 Å². The molecule has 0 bridgehead atoms. The number of sulfonamides is 1. The number of rotatable bonds is 6. The summed E-state index contributed by atoms with van der Waals surface area (Å²) in [5.74, 6) is 0. The predicted octanol–water partition coefficient (Wildman–Crippen LogP) is 0.735. The maximum Gasteiger partial charge on any atom is 0.243 e. The molecule has 3 atom stereocenters. The number of aromatic nitrogens is 2. The number of fused-ring (bicyclic) bond motifs is 1. The van der Waals surface area contributed by atoms with Crippen LogP contribution in [-0.4, -0.2) is 60.0 Å². The third-order valence-corrected chi connectivity index (χ3v) is 6.06. The summed E-state index contributed by atoms with van der Waals surface area (Å²) in [6, 6.07) is 5.44. The number of nitrogens with one attached hydrogen (secondary N) is 1. The molecule has 0 aliphatic carbocycles. The maximum absolute atomic E-state index is 12.5. The summed E-state index contributed by atoms with van der Waals surface area (Å²) >= 11 is 0. The highest BCUT2D eigenvalue weighted by atomic mass is 32.2. The summed E-state index contributed by atoms with van der Waals surface area (Å²) in [4.78, 5) is 2.21. The summed E-state index contributed by atoms with van der Waals surface area (Å²) in [5, 5.41) is 17.5. The Labute approximate surface area is 140 Å². The van der Waals surface area contributed by atoms with E-state index in [1.807, 2.05) is 0 Å². The van der Waals surface area contributed by atoms with Crippen molar-refractivity contribution >= 4 is 21.1 Å². The molecule has 0 spiro atoms. The molecule has 1 aromatic heterocycles. The fourth-order valence-electron chi connectivity index (χ4n) is 3.20. The lowest BCUT2D eigenvalue weighted by Gasteiger charge is -2.28. The van der Waals surface area contributed by atoms with E-state index in [0.717, 1.165) is 12.8 Å². The van der Waals surface area contributed by atoms with Crippen LogP contribution < -0.4 is 4.72 Å². The molecule has 0 amide bonds. The molecule has 24 heavy (non-hydrogen) atoms. The minimum Gasteiger partial charge on any atom is -0.390 e. The van der Waals surface area contributed by atoms with Crippen molar-refractivity contribution in [2.45, 2.75) is 49.8 Å². The van der Waals surface area contributed by atoms with Gasteiger partial charge in [0.2, 0.25) is 10.0 Å².